The van der Waals surface area contributed by atoms with Crippen LogP contribution in [0.1, 0.15) is 19.5 Å². The van der Waals surface area contributed by atoms with E-state index in [0.29, 0.717) is 17.5 Å². The molecule has 0 radical (unpaired) electrons. The summed E-state index contributed by atoms with van der Waals surface area (Å²) < 4.78 is 0. The second-order valence-electron chi connectivity index (χ2n) is 4.38. The van der Waals surface area contributed by atoms with E-state index in [1.165, 1.54) is 0 Å². The molecule has 0 aromatic carbocycles. The molecule has 0 spiro atoms. The first kappa shape index (κ1) is 11.9. The first-order chi connectivity index (χ1) is 8.03. The smallest absolute Gasteiger partial charge is 0.196 e. The zero-order valence-corrected chi connectivity index (χ0v) is 10.6. The van der Waals surface area contributed by atoms with Crippen molar-refractivity contribution in [2.45, 2.75) is 19.4 Å². The van der Waals surface area contributed by atoms with Crippen LogP contribution < -0.4 is 5.73 Å². The fourth-order valence-corrected chi connectivity index (χ4v) is 2.28. The van der Waals surface area contributed by atoms with Gasteiger partial charge in [-0.3, -0.25) is 4.98 Å². The maximum Gasteiger partial charge on any atom is 0.196 e. The summed E-state index contributed by atoms with van der Waals surface area (Å²) in [7, 11) is 0. The summed E-state index contributed by atoms with van der Waals surface area (Å²) in [6.07, 6.45) is 5.40. The standard InChI is InChI=1S/C12H15ClN4/c1-12(2,10-9(13)5-3-6-15-10)17-8-4-7-16-11(17)14/h3-7H,8H2,1-2H3,(H2,14,16). The Kier molecular flexibility index (Phi) is 3.07. The summed E-state index contributed by atoms with van der Waals surface area (Å²) >= 11 is 6.19. The molecular formula is C12H15ClN4. The Morgan fingerprint density at radius 2 is 2.24 bits per heavy atom. The van der Waals surface area contributed by atoms with E-state index >= 15 is 0 Å². The van der Waals surface area contributed by atoms with Gasteiger partial charge in [0.1, 0.15) is 0 Å². The zero-order chi connectivity index (χ0) is 12.5. The van der Waals surface area contributed by atoms with Crippen LogP contribution in [-0.2, 0) is 5.54 Å². The highest BCUT2D eigenvalue weighted by molar-refractivity contribution is 6.31. The highest BCUT2D eigenvalue weighted by atomic mass is 35.5. The topological polar surface area (TPSA) is 54.5 Å². The third-order valence-electron chi connectivity index (χ3n) is 2.89. The molecule has 1 aromatic heterocycles. The number of rotatable bonds is 2. The van der Waals surface area contributed by atoms with Gasteiger partial charge >= 0.3 is 0 Å². The van der Waals surface area contributed by atoms with E-state index in [2.05, 4.69) is 9.98 Å². The normalized spacial score (nSPS) is 15.9. The van der Waals surface area contributed by atoms with Gasteiger partial charge in [-0.1, -0.05) is 11.6 Å². The van der Waals surface area contributed by atoms with E-state index in [9.17, 15) is 0 Å². The molecule has 17 heavy (non-hydrogen) atoms. The monoisotopic (exact) mass is 250 g/mol. The van der Waals surface area contributed by atoms with Gasteiger partial charge < -0.3 is 10.6 Å². The van der Waals surface area contributed by atoms with Gasteiger partial charge in [0.25, 0.3) is 0 Å². The molecule has 0 unspecified atom stereocenters. The minimum atomic E-state index is -0.392. The minimum absolute atomic E-state index is 0.392. The molecule has 1 aliphatic rings. The van der Waals surface area contributed by atoms with Crippen molar-refractivity contribution in [1.82, 2.24) is 9.88 Å². The molecule has 0 saturated heterocycles. The van der Waals surface area contributed by atoms with Crippen LogP contribution in [0.3, 0.4) is 0 Å². The number of halogens is 1. The summed E-state index contributed by atoms with van der Waals surface area (Å²) in [4.78, 5) is 10.4. The fourth-order valence-electron chi connectivity index (χ4n) is 1.92. The maximum absolute atomic E-state index is 6.19. The number of hydrogen-bond donors (Lipinski definition) is 1. The van der Waals surface area contributed by atoms with Gasteiger partial charge in [-0.25, -0.2) is 4.99 Å². The Bertz CT molecular complexity index is 479. The van der Waals surface area contributed by atoms with E-state index in [-0.39, 0.29) is 0 Å². The number of nitrogens with two attached hydrogens (primary N) is 1. The van der Waals surface area contributed by atoms with Crippen LogP contribution in [0.15, 0.2) is 35.6 Å². The Balaban J connectivity index is 2.40. The Morgan fingerprint density at radius 1 is 1.47 bits per heavy atom. The van der Waals surface area contributed by atoms with Crippen LogP contribution in [0.5, 0.6) is 0 Å². The van der Waals surface area contributed by atoms with Crippen LogP contribution >= 0.6 is 11.6 Å². The van der Waals surface area contributed by atoms with Crippen LogP contribution in [0.2, 0.25) is 5.02 Å². The minimum Gasteiger partial charge on any atom is -0.369 e. The molecule has 0 fully saturated rings. The Labute approximate surface area is 106 Å². The molecule has 1 aliphatic heterocycles. The van der Waals surface area contributed by atoms with Gasteiger partial charge in [-0.2, -0.15) is 0 Å². The van der Waals surface area contributed by atoms with Gasteiger partial charge in [-0.05, 0) is 32.1 Å². The highest BCUT2D eigenvalue weighted by Crippen LogP contribution is 2.31. The lowest BCUT2D eigenvalue weighted by molar-refractivity contribution is 0.225. The molecule has 1 aromatic rings. The van der Waals surface area contributed by atoms with Crippen molar-refractivity contribution in [3.8, 4) is 0 Å². The van der Waals surface area contributed by atoms with Gasteiger partial charge in [0.15, 0.2) is 5.96 Å². The van der Waals surface area contributed by atoms with Gasteiger partial charge in [0.2, 0.25) is 0 Å². The number of nitrogens with zero attached hydrogens (tertiary/aromatic N) is 3. The predicted molar refractivity (Wildman–Crippen MR) is 69.7 cm³/mol. The Morgan fingerprint density at radius 3 is 2.88 bits per heavy atom. The second kappa shape index (κ2) is 4.37. The summed E-state index contributed by atoms with van der Waals surface area (Å²) in [5.74, 6) is 0.485. The van der Waals surface area contributed by atoms with Crippen molar-refractivity contribution in [1.29, 1.82) is 0 Å². The summed E-state index contributed by atoms with van der Waals surface area (Å²) in [5, 5.41) is 0.639. The van der Waals surface area contributed by atoms with Gasteiger partial charge in [0, 0.05) is 18.9 Å². The number of pyridine rings is 1. The third kappa shape index (κ3) is 2.13. The average Bonchev–Trinajstić information content (AvgIpc) is 2.29. The summed E-state index contributed by atoms with van der Waals surface area (Å²) in [5.41, 5.74) is 6.32. The lowest BCUT2D eigenvalue weighted by Gasteiger charge is -2.39. The molecule has 0 bridgehead atoms. The molecule has 2 N–H and O–H groups in total. The van der Waals surface area contributed by atoms with Crippen molar-refractivity contribution in [2.24, 2.45) is 10.7 Å². The Hall–Kier alpha value is -1.55. The van der Waals surface area contributed by atoms with Crippen molar-refractivity contribution in [2.75, 3.05) is 6.54 Å². The summed E-state index contributed by atoms with van der Waals surface area (Å²) in [6.45, 7) is 4.76. The van der Waals surface area contributed by atoms with E-state index in [1.807, 2.05) is 37.0 Å². The molecule has 90 valence electrons. The number of aliphatic imine (C=N–C) groups is 1. The van der Waals surface area contributed by atoms with Crippen LogP contribution in [0, 0.1) is 0 Å². The van der Waals surface area contributed by atoms with Crippen molar-refractivity contribution in [3.63, 3.8) is 0 Å². The lowest BCUT2D eigenvalue weighted by Crippen LogP contribution is -2.50. The zero-order valence-electron chi connectivity index (χ0n) is 9.89. The number of guanidine groups is 1. The number of aromatic nitrogens is 1. The van der Waals surface area contributed by atoms with E-state index in [1.54, 1.807) is 12.4 Å². The second-order valence-corrected chi connectivity index (χ2v) is 4.78. The predicted octanol–water partition coefficient (Wildman–Crippen LogP) is 2.11. The largest absolute Gasteiger partial charge is 0.369 e. The lowest BCUT2D eigenvalue weighted by atomic mass is 9.97. The molecule has 0 aliphatic carbocycles. The molecule has 0 saturated carbocycles. The molecule has 0 amide bonds. The van der Waals surface area contributed by atoms with Crippen molar-refractivity contribution >= 4 is 17.6 Å². The van der Waals surface area contributed by atoms with Crippen molar-refractivity contribution in [3.05, 3.63) is 41.3 Å². The third-order valence-corrected chi connectivity index (χ3v) is 3.19. The molecular weight excluding hydrogens is 236 g/mol. The van der Waals surface area contributed by atoms with E-state index in [0.717, 1.165) is 5.69 Å². The van der Waals surface area contributed by atoms with Crippen LogP contribution in [0.4, 0.5) is 0 Å². The van der Waals surface area contributed by atoms with Crippen LogP contribution in [0.25, 0.3) is 0 Å². The molecule has 2 heterocycles. The van der Waals surface area contributed by atoms with Gasteiger partial charge in [0.05, 0.1) is 16.3 Å². The molecule has 2 rings (SSSR count). The molecule has 4 nitrogen and oxygen atoms in total. The van der Waals surface area contributed by atoms with Crippen LogP contribution in [-0.4, -0.2) is 22.4 Å². The highest BCUT2D eigenvalue weighted by Gasteiger charge is 2.33. The molecule has 5 heteroatoms. The number of hydrogen-bond acceptors (Lipinski definition) is 4. The first-order valence-electron chi connectivity index (χ1n) is 5.40. The fraction of sp³-hybridized carbons (Fsp3) is 0.333. The summed E-state index contributed by atoms with van der Waals surface area (Å²) in [6, 6.07) is 3.65. The average molecular weight is 251 g/mol. The van der Waals surface area contributed by atoms with Gasteiger partial charge in [-0.15, -0.1) is 0 Å². The molecule has 0 atom stereocenters. The maximum atomic E-state index is 6.19. The SMILES string of the molecule is CC(C)(c1ncccc1Cl)N1CC=CN=C1N. The van der Waals surface area contributed by atoms with E-state index < -0.39 is 5.54 Å². The first-order valence-corrected chi connectivity index (χ1v) is 5.78. The quantitative estimate of drug-likeness (QED) is 0.875. The van der Waals surface area contributed by atoms with Crippen molar-refractivity contribution < 1.29 is 0 Å². The van der Waals surface area contributed by atoms with E-state index in [4.69, 9.17) is 17.3 Å².